The summed E-state index contributed by atoms with van der Waals surface area (Å²) in [7, 11) is 0. The Morgan fingerprint density at radius 2 is 1.94 bits per heavy atom. The zero-order valence-corrected chi connectivity index (χ0v) is 19.8. The van der Waals surface area contributed by atoms with Gasteiger partial charge in [0.1, 0.15) is 11.9 Å². The van der Waals surface area contributed by atoms with Crippen molar-refractivity contribution in [2.45, 2.75) is 97.1 Å². The first-order valence-electron chi connectivity index (χ1n) is 11.4. The third-order valence-corrected chi connectivity index (χ3v) is 7.25. The molecule has 1 N–H and O–H groups in total. The van der Waals surface area contributed by atoms with Gasteiger partial charge in [-0.25, -0.2) is 4.98 Å². The van der Waals surface area contributed by atoms with E-state index in [4.69, 9.17) is 9.47 Å². The minimum Gasteiger partial charge on any atom is -0.458 e. The lowest BCUT2D eigenvalue weighted by Crippen LogP contribution is -2.30. The first-order valence-corrected chi connectivity index (χ1v) is 12.3. The molecule has 0 aliphatic carbocycles. The summed E-state index contributed by atoms with van der Waals surface area (Å²) < 4.78 is 11.7. The molecule has 3 heterocycles. The number of carbonyl (C=O) groups excluding carboxylic acids is 2. The summed E-state index contributed by atoms with van der Waals surface area (Å²) in [6.45, 7) is 7.55. The smallest absolute Gasteiger partial charge is 0.306 e. The van der Waals surface area contributed by atoms with Crippen molar-refractivity contribution in [3.05, 3.63) is 21.7 Å². The third kappa shape index (κ3) is 6.96. The lowest BCUT2D eigenvalue weighted by molar-refractivity contribution is -0.148. The Labute approximate surface area is 189 Å². The number of hydrogen-bond donors (Lipinski definition) is 1. The largest absolute Gasteiger partial charge is 0.458 e. The summed E-state index contributed by atoms with van der Waals surface area (Å²) in [6.07, 6.45) is 5.88. The summed E-state index contributed by atoms with van der Waals surface area (Å²) in [6, 6.07) is 0. The van der Waals surface area contributed by atoms with Crippen molar-refractivity contribution in [1.29, 1.82) is 0 Å². The molecule has 0 amide bonds. The number of cyclic esters (lactones) is 1. The fourth-order valence-electron chi connectivity index (χ4n) is 4.23. The molecule has 0 radical (unpaired) electrons. The molecule has 0 bridgehead atoms. The molecule has 3 unspecified atom stereocenters. The lowest BCUT2D eigenvalue weighted by Gasteiger charge is -2.22. The number of thiazole rings is 1. The molecule has 6 nitrogen and oxygen atoms in total. The maximum absolute atomic E-state index is 12.6. The van der Waals surface area contributed by atoms with E-state index in [1.165, 1.54) is 0 Å². The van der Waals surface area contributed by atoms with Gasteiger partial charge >= 0.3 is 5.97 Å². The molecule has 2 aliphatic heterocycles. The highest BCUT2D eigenvalue weighted by molar-refractivity contribution is 7.09. The number of carbonyl (C=O) groups is 2. The number of ether oxygens (including phenoxy) is 2. The first-order chi connectivity index (χ1) is 14.7. The van der Waals surface area contributed by atoms with E-state index in [1.807, 2.05) is 32.2 Å². The second kappa shape index (κ2) is 10.8. The van der Waals surface area contributed by atoms with Gasteiger partial charge in [0.15, 0.2) is 0 Å². The van der Waals surface area contributed by atoms with Crippen molar-refractivity contribution in [3.63, 3.8) is 0 Å². The van der Waals surface area contributed by atoms with Crippen molar-refractivity contribution in [3.8, 4) is 0 Å². The van der Waals surface area contributed by atoms with E-state index in [0.717, 1.165) is 35.5 Å². The van der Waals surface area contributed by atoms with E-state index in [-0.39, 0.29) is 42.4 Å². The SMILES string of the molecule is C/C(=C\c1csc(C)n1)C1CC2OC2CCCC[C@H](O)[C@@H](C)C(=O)[C@H](C)CCC(=O)O1. The van der Waals surface area contributed by atoms with Gasteiger partial charge in [-0.05, 0) is 44.8 Å². The summed E-state index contributed by atoms with van der Waals surface area (Å²) in [5, 5.41) is 13.4. The predicted molar refractivity (Wildman–Crippen MR) is 121 cm³/mol. The van der Waals surface area contributed by atoms with Crippen LogP contribution in [0.1, 0.15) is 76.4 Å². The van der Waals surface area contributed by atoms with Crippen LogP contribution in [0.5, 0.6) is 0 Å². The molecule has 7 heteroatoms. The average Bonchev–Trinajstić information content (AvgIpc) is 3.35. The molecular weight excluding hydrogens is 414 g/mol. The molecule has 1 aromatic heterocycles. The van der Waals surface area contributed by atoms with Crippen LogP contribution in [0.25, 0.3) is 6.08 Å². The Kier molecular flexibility index (Phi) is 8.42. The Morgan fingerprint density at radius 1 is 1.19 bits per heavy atom. The monoisotopic (exact) mass is 449 g/mol. The first kappa shape index (κ1) is 24.1. The number of ketones is 1. The number of nitrogens with zero attached hydrogens (tertiary/aromatic N) is 1. The van der Waals surface area contributed by atoms with Crippen LogP contribution in [0.2, 0.25) is 0 Å². The van der Waals surface area contributed by atoms with E-state index in [9.17, 15) is 14.7 Å². The van der Waals surface area contributed by atoms with Crippen LogP contribution in [0.15, 0.2) is 11.0 Å². The molecule has 2 aliphatic rings. The minimum atomic E-state index is -0.628. The van der Waals surface area contributed by atoms with E-state index in [1.54, 1.807) is 18.3 Å². The number of rotatable bonds is 2. The van der Waals surface area contributed by atoms with Gasteiger partial charge in [-0.2, -0.15) is 0 Å². The van der Waals surface area contributed by atoms with Gasteiger partial charge < -0.3 is 14.6 Å². The molecule has 0 spiro atoms. The second-order valence-corrected chi connectivity index (χ2v) is 10.2. The maximum Gasteiger partial charge on any atom is 0.306 e. The number of aromatic nitrogens is 1. The molecule has 0 saturated carbocycles. The summed E-state index contributed by atoms with van der Waals surface area (Å²) in [5.41, 5.74) is 1.83. The van der Waals surface area contributed by atoms with Crippen LogP contribution in [0.4, 0.5) is 0 Å². The Hall–Kier alpha value is -1.57. The number of hydrogen-bond acceptors (Lipinski definition) is 7. The van der Waals surface area contributed by atoms with Gasteiger partial charge in [-0.15, -0.1) is 11.3 Å². The predicted octanol–water partition coefficient (Wildman–Crippen LogP) is 4.48. The normalized spacial score (nSPS) is 34.2. The Bertz CT molecular complexity index is 804. The second-order valence-electron chi connectivity index (χ2n) is 9.09. The standard InChI is InChI=1S/C24H35NO5S/c1-14-9-10-23(27)30-21(15(2)11-18-13-31-17(4)25-18)12-22-20(29-22)8-6-5-7-19(26)16(3)24(14)28/h11,13-14,16,19-22,26H,5-10,12H2,1-4H3/b15-11+/t14-,16-,19+,20?,21?,22?/m1/s1. The number of aryl methyl sites for hydroxylation is 1. The number of Topliss-reactive ketones (excluding diaryl/α,β-unsaturated/α-hetero) is 1. The van der Waals surface area contributed by atoms with Crippen LogP contribution < -0.4 is 0 Å². The van der Waals surface area contributed by atoms with E-state index < -0.39 is 12.0 Å². The zero-order valence-electron chi connectivity index (χ0n) is 19.0. The molecule has 1 aromatic rings. The summed E-state index contributed by atoms with van der Waals surface area (Å²) >= 11 is 1.59. The summed E-state index contributed by atoms with van der Waals surface area (Å²) in [4.78, 5) is 29.7. The molecule has 2 saturated heterocycles. The van der Waals surface area contributed by atoms with Crippen LogP contribution in [0, 0.1) is 18.8 Å². The van der Waals surface area contributed by atoms with E-state index in [0.29, 0.717) is 19.3 Å². The summed E-state index contributed by atoms with van der Waals surface area (Å²) in [5.74, 6) is -0.980. The van der Waals surface area contributed by atoms with Gasteiger partial charge in [-0.3, -0.25) is 9.59 Å². The Morgan fingerprint density at radius 3 is 2.65 bits per heavy atom. The molecule has 6 atom stereocenters. The topological polar surface area (TPSA) is 89.0 Å². The lowest BCUT2D eigenvalue weighted by atomic mass is 9.86. The highest BCUT2D eigenvalue weighted by Crippen LogP contribution is 2.34. The van der Waals surface area contributed by atoms with Crippen LogP contribution in [-0.4, -0.2) is 46.3 Å². The highest BCUT2D eigenvalue weighted by Gasteiger charge is 2.41. The van der Waals surface area contributed by atoms with Gasteiger partial charge in [-0.1, -0.05) is 26.7 Å². The number of esters is 1. The van der Waals surface area contributed by atoms with E-state index >= 15 is 0 Å². The van der Waals surface area contributed by atoms with Crippen molar-refractivity contribution in [2.75, 3.05) is 0 Å². The average molecular weight is 450 g/mol. The van der Waals surface area contributed by atoms with Crippen molar-refractivity contribution in [1.82, 2.24) is 4.98 Å². The minimum absolute atomic E-state index is 0.0181. The van der Waals surface area contributed by atoms with Crippen LogP contribution in [0.3, 0.4) is 0 Å². The fraction of sp³-hybridized carbons (Fsp3) is 0.708. The molecule has 3 rings (SSSR count). The molecule has 31 heavy (non-hydrogen) atoms. The Balaban J connectivity index is 1.70. The highest BCUT2D eigenvalue weighted by atomic mass is 32.1. The molecule has 0 aromatic carbocycles. The van der Waals surface area contributed by atoms with Gasteiger partial charge in [0.2, 0.25) is 0 Å². The third-order valence-electron chi connectivity index (χ3n) is 6.46. The number of aliphatic hydroxyl groups is 1. The van der Waals surface area contributed by atoms with E-state index in [2.05, 4.69) is 4.98 Å². The fourth-order valence-corrected chi connectivity index (χ4v) is 4.80. The van der Waals surface area contributed by atoms with Gasteiger partial charge in [0.05, 0.1) is 29.0 Å². The van der Waals surface area contributed by atoms with Gasteiger partial charge in [0.25, 0.3) is 0 Å². The molecule has 2 fully saturated rings. The van der Waals surface area contributed by atoms with Gasteiger partial charge in [0, 0.05) is 30.1 Å². The van der Waals surface area contributed by atoms with Crippen molar-refractivity contribution in [2.24, 2.45) is 11.8 Å². The maximum atomic E-state index is 12.6. The van der Waals surface area contributed by atoms with Crippen LogP contribution >= 0.6 is 11.3 Å². The van der Waals surface area contributed by atoms with Crippen molar-refractivity contribution >= 4 is 29.2 Å². The number of fused-ring (bicyclic) bond motifs is 1. The van der Waals surface area contributed by atoms with Crippen molar-refractivity contribution < 1.29 is 24.2 Å². The quantitative estimate of drug-likeness (QED) is 0.529. The van der Waals surface area contributed by atoms with Crippen LogP contribution in [-0.2, 0) is 19.1 Å². The number of aliphatic hydroxyl groups excluding tert-OH is 1. The number of epoxide rings is 1. The zero-order chi connectivity index (χ0) is 22.5. The molecule has 172 valence electrons. The molecular formula is C24H35NO5S.